The first-order chi connectivity index (χ1) is 9.29. The first-order valence-electron chi connectivity index (χ1n) is 7.05. The van der Waals surface area contributed by atoms with Crippen molar-refractivity contribution in [3.8, 4) is 5.75 Å². The summed E-state index contributed by atoms with van der Waals surface area (Å²) in [5, 5.41) is 0. The molecule has 4 heteroatoms. The third-order valence-electron chi connectivity index (χ3n) is 4.16. The molecule has 3 nitrogen and oxygen atoms in total. The molecule has 0 amide bonds. The number of para-hydroxylation sites is 1. The lowest BCUT2D eigenvalue weighted by Gasteiger charge is -2.22. The van der Waals surface area contributed by atoms with E-state index in [1.165, 1.54) is 32.1 Å². The van der Waals surface area contributed by atoms with Crippen LogP contribution in [-0.2, 0) is 6.54 Å². The van der Waals surface area contributed by atoms with Crippen molar-refractivity contribution < 1.29 is 4.74 Å². The summed E-state index contributed by atoms with van der Waals surface area (Å²) in [4.78, 5) is 3.29. The summed E-state index contributed by atoms with van der Waals surface area (Å²) >= 11 is 5.48. The summed E-state index contributed by atoms with van der Waals surface area (Å²) in [5.41, 5.74) is 2.18. The van der Waals surface area contributed by atoms with Gasteiger partial charge >= 0.3 is 0 Å². The van der Waals surface area contributed by atoms with Gasteiger partial charge in [-0.15, -0.1) is 0 Å². The maximum absolute atomic E-state index is 5.48. The van der Waals surface area contributed by atoms with Gasteiger partial charge in [0.25, 0.3) is 0 Å². The van der Waals surface area contributed by atoms with Crippen LogP contribution in [0.4, 0.5) is 0 Å². The van der Waals surface area contributed by atoms with Crippen LogP contribution >= 0.6 is 12.2 Å². The van der Waals surface area contributed by atoms with Crippen molar-refractivity contribution in [1.29, 1.82) is 0 Å². The van der Waals surface area contributed by atoms with Gasteiger partial charge in [-0.2, -0.15) is 0 Å². The maximum Gasteiger partial charge on any atom is 0.178 e. The molecule has 0 radical (unpaired) electrons. The Labute approximate surface area is 118 Å². The molecule has 1 fully saturated rings. The van der Waals surface area contributed by atoms with Gasteiger partial charge in [0.2, 0.25) is 0 Å². The van der Waals surface area contributed by atoms with E-state index in [-0.39, 0.29) is 0 Å². The summed E-state index contributed by atoms with van der Waals surface area (Å²) in [6.07, 6.45) is 6.79. The second-order valence-corrected chi connectivity index (χ2v) is 5.79. The van der Waals surface area contributed by atoms with Gasteiger partial charge in [-0.1, -0.05) is 25.3 Å². The fourth-order valence-corrected chi connectivity index (χ4v) is 3.41. The van der Waals surface area contributed by atoms with Crippen LogP contribution in [0.15, 0.2) is 18.2 Å². The highest BCUT2D eigenvalue weighted by molar-refractivity contribution is 7.71. The van der Waals surface area contributed by atoms with Crippen LogP contribution in [0.5, 0.6) is 5.75 Å². The lowest BCUT2D eigenvalue weighted by atomic mass is 9.89. The van der Waals surface area contributed by atoms with Crippen molar-refractivity contribution in [3.05, 3.63) is 23.0 Å². The summed E-state index contributed by atoms with van der Waals surface area (Å²) in [6.45, 7) is 1.03. The van der Waals surface area contributed by atoms with E-state index >= 15 is 0 Å². The minimum absolute atomic E-state index is 0.769. The first kappa shape index (κ1) is 12.7. The molecule has 0 spiro atoms. The fourth-order valence-electron chi connectivity index (χ4n) is 3.13. The van der Waals surface area contributed by atoms with Gasteiger partial charge in [-0.05, 0) is 43.1 Å². The molecule has 1 saturated carbocycles. The SMILES string of the molecule is COc1cccc2c1[nH]c(=S)n2CC1CCCCC1. The third kappa shape index (κ3) is 2.41. The van der Waals surface area contributed by atoms with Gasteiger partial charge in [0, 0.05) is 6.54 Å². The Bertz CT molecular complexity index is 623. The van der Waals surface area contributed by atoms with Crippen molar-refractivity contribution in [1.82, 2.24) is 9.55 Å². The predicted molar refractivity (Wildman–Crippen MR) is 80.2 cm³/mol. The van der Waals surface area contributed by atoms with Crippen LogP contribution in [-0.4, -0.2) is 16.7 Å². The third-order valence-corrected chi connectivity index (χ3v) is 4.48. The standard InChI is InChI=1S/C15H20N2OS/c1-18-13-9-5-8-12-14(13)16-15(19)17(12)10-11-6-3-2-4-7-11/h5,8-9,11H,2-4,6-7,10H2,1H3,(H,16,19). The number of imidazole rings is 1. The topological polar surface area (TPSA) is 29.9 Å². The van der Waals surface area contributed by atoms with Crippen molar-refractivity contribution in [3.63, 3.8) is 0 Å². The predicted octanol–water partition coefficient (Wildman–Crippen LogP) is 4.29. The Balaban J connectivity index is 1.98. The van der Waals surface area contributed by atoms with E-state index in [1.54, 1.807) is 7.11 Å². The van der Waals surface area contributed by atoms with Crippen molar-refractivity contribution in [2.24, 2.45) is 5.92 Å². The van der Waals surface area contributed by atoms with Crippen molar-refractivity contribution in [2.45, 2.75) is 38.6 Å². The number of fused-ring (bicyclic) bond motifs is 1. The van der Waals surface area contributed by atoms with Crippen LogP contribution in [0.3, 0.4) is 0 Å². The van der Waals surface area contributed by atoms with E-state index in [0.29, 0.717) is 0 Å². The average molecular weight is 276 g/mol. The zero-order chi connectivity index (χ0) is 13.2. The lowest BCUT2D eigenvalue weighted by Crippen LogP contribution is -2.14. The molecule has 2 aromatic rings. The Morgan fingerprint density at radius 1 is 1.32 bits per heavy atom. The van der Waals surface area contributed by atoms with Crippen LogP contribution in [0.2, 0.25) is 0 Å². The van der Waals surface area contributed by atoms with Crippen LogP contribution in [0.25, 0.3) is 11.0 Å². The van der Waals surface area contributed by atoms with Gasteiger partial charge in [0.1, 0.15) is 11.3 Å². The van der Waals surface area contributed by atoms with Gasteiger partial charge in [0.15, 0.2) is 4.77 Å². The molecule has 0 bridgehead atoms. The van der Waals surface area contributed by atoms with E-state index in [2.05, 4.69) is 15.6 Å². The zero-order valence-electron chi connectivity index (χ0n) is 11.3. The Morgan fingerprint density at radius 3 is 2.84 bits per heavy atom. The number of hydrogen-bond acceptors (Lipinski definition) is 2. The number of methoxy groups -OCH3 is 1. The normalized spacial score (nSPS) is 16.9. The van der Waals surface area contributed by atoms with Gasteiger partial charge in [0.05, 0.1) is 12.6 Å². The summed E-state index contributed by atoms with van der Waals surface area (Å²) in [7, 11) is 1.70. The number of nitrogens with one attached hydrogen (secondary N) is 1. The number of hydrogen-bond donors (Lipinski definition) is 1. The number of aromatic amines is 1. The number of nitrogens with zero attached hydrogens (tertiary/aromatic N) is 1. The second-order valence-electron chi connectivity index (χ2n) is 5.40. The zero-order valence-corrected chi connectivity index (χ0v) is 12.1. The van der Waals surface area contributed by atoms with E-state index < -0.39 is 0 Å². The molecule has 1 heterocycles. The van der Waals surface area contributed by atoms with E-state index in [1.807, 2.05) is 12.1 Å². The molecule has 0 unspecified atom stereocenters. The quantitative estimate of drug-likeness (QED) is 0.848. The van der Waals surface area contributed by atoms with Gasteiger partial charge in [-0.3, -0.25) is 0 Å². The minimum Gasteiger partial charge on any atom is -0.494 e. The average Bonchev–Trinajstić information content (AvgIpc) is 2.76. The van der Waals surface area contributed by atoms with Gasteiger partial charge in [-0.25, -0.2) is 0 Å². The monoisotopic (exact) mass is 276 g/mol. The molecule has 1 aliphatic rings. The highest BCUT2D eigenvalue weighted by Crippen LogP contribution is 2.29. The van der Waals surface area contributed by atoms with Crippen molar-refractivity contribution in [2.75, 3.05) is 7.11 Å². The van der Waals surface area contributed by atoms with Crippen molar-refractivity contribution >= 4 is 23.3 Å². The second kappa shape index (κ2) is 5.37. The summed E-state index contributed by atoms with van der Waals surface area (Å²) in [5.74, 6) is 1.64. The molecule has 19 heavy (non-hydrogen) atoms. The molecule has 0 atom stereocenters. The number of benzene rings is 1. The van der Waals surface area contributed by atoms with Crippen LogP contribution < -0.4 is 4.74 Å². The molecular weight excluding hydrogens is 256 g/mol. The first-order valence-corrected chi connectivity index (χ1v) is 7.46. The number of H-pyrrole nitrogens is 1. The molecule has 1 N–H and O–H groups in total. The van der Waals surface area contributed by atoms with E-state index in [4.69, 9.17) is 17.0 Å². The smallest absolute Gasteiger partial charge is 0.178 e. The molecule has 1 aromatic heterocycles. The number of ether oxygens (including phenoxy) is 1. The molecule has 0 aliphatic heterocycles. The molecular formula is C15H20N2OS. The summed E-state index contributed by atoms with van der Waals surface area (Å²) in [6, 6.07) is 6.12. The highest BCUT2D eigenvalue weighted by atomic mass is 32.1. The highest BCUT2D eigenvalue weighted by Gasteiger charge is 2.16. The number of aromatic nitrogens is 2. The van der Waals surface area contributed by atoms with Gasteiger partial charge < -0.3 is 14.3 Å². The van der Waals surface area contributed by atoms with E-state index in [9.17, 15) is 0 Å². The van der Waals surface area contributed by atoms with Crippen LogP contribution in [0, 0.1) is 10.7 Å². The molecule has 0 saturated heterocycles. The van der Waals surface area contributed by atoms with Crippen LogP contribution in [0.1, 0.15) is 32.1 Å². The number of rotatable bonds is 3. The Morgan fingerprint density at radius 2 is 2.11 bits per heavy atom. The maximum atomic E-state index is 5.48. The molecule has 1 aromatic carbocycles. The minimum atomic E-state index is 0.769. The summed E-state index contributed by atoms with van der Waals surface area (Å²) < 4.78 is 8.44. The lowest BCUT2D eigenvalue weighted by molar-refractivity contribution is 0.321. The largest absolute Gasteiger partial charge is 0.494 e. The molecule has 3 rings (SSSR count). The Hall–Kier alpha value is -1.29. The molecule has 1 aliphatic carbocycles. The Kier molecular flexibility index (Phi) is 3.60. The fraction of sp³-hybridized carbons (Fsp3) is 0.533. The molecule has 102 valence electrons. The van der Waals surface area contributed by atoms with E-state index in [0.717, 1.165) is 34.0 Å².